The zero-order valence-corrected chi connectivity index (χ0v) is 19.4. The number of ether oxygens (including phenoxy) is 2. The molecule has 33 heavy (non-hydrogen) atoms. The third kappa shape index (κ3) is 5.01. The Morgan fingerprint density at radius 3 is 2.73 bits per heavy atom. The second-order valence-corrected chi connectivity index (χ2v) is 8.83. The van der Waals surface area contributed by atoms with Gasteiger partial charge < -0.3 is 25.7 Å². The fourth-order valence-corrected chi connectivity index (χ4v) is 5.11. The average molecular weight is 496 g/mol. The largest absolute Gasteiger partial charge is 0.426 e. The first-order chi connectivity index (χ1) is 15.7. The Labute approximate surface area is 196 Å². The van der Waals surface area contributed by atoms with Crippen LogP contribution in [0.25, 0.3) is 0 Å². The maximum absolute atomic E-state index is 12.9. The fraction of sp³-hybridized carbons (Fsp3) is 0.368. The molecule has 1 fully saturated rings. The number of oxime groups is 1. The lowest BCUT2D eigenvalue weighted by molar-refractivity contribution is -0.182. The van der Waals surface area contributed by atoms with E-state index in [0.29, 0.717) is 11.3 Å². The zero-order valence-electron chi connectivity index (χ0n) is 17.8. The molecule has 0 saturated carbocycles. The number of aromatic nitrogens is 1. The first kappa shape index (κ1) is 24.3. The van der Waals surface area contributed by atoms with Gasteiger partial charge in [0.15, 0.2) is 10.8 Å². The molecule has 1 aromatic heterocycles. The van der Waals surface area contributed by atoms with Gasteiger partial charge in [-0.3, -0.25) is 19.3 Å². The van der Waals surface area contributed by atoms with E-state index in [0.717, 1.165) is 11.3 Å². The van der Waals surface area contributed by atoms with Gasteiger partial charge in [0, 0.05) is 25.0 Å². The molecule has 3 rings (SSSR count). The lowest BCUT2D eigenvalue weighted by atomic mass is 10.0. The van der Waals surface area contributed by atoms with E-state index in [1.165, 1.54) is 35.9 Å². The van der Waals surface area contributed by atoms with Gasteiger partial charge in [-0.1, -0.05) is 17.3 Å². The van der Waals surface area contributed by atoms with Crippen molar-refractivity contribution in [3.8, 4) is 0 Å². The highest BCUT2D eigenvalue weighted by Gasteiger charge is 2.54. The molecule has 0 aliphatic carbocycles. The van der Waals surface area contributed by atoms with Crippen LogP contribution in [0, 0.1) is 0 Å². The number of rotatable bonds is 7. The van der Waals surface area contributed by atoms with Crippen LogP contribution in [0.5, 0.6) is 0 Å². The normalized spacial score (nSPS) is 21.4. The molecule has 2 aliphatic heterocycles. The molecular weight excluding hydrogens is 474 g/mol. The lowest BCUT2D eigenvalue weighted by Crippen LogP contribution is -2.71. The minimum atomic E-state index is -1.15. The second-order valence-electron chi connectivity index (χ2n) is 6.84. The molecule has 12 nitrogen and oxygen atoms in total. The molecule has 0 bridgehead atoms. The summed E-state index contributed by atoms with van der Waals surface area (Å²) in [5.41, 5.74) is 5.78. The van der Waals surface area contributed by atoms with Gasteiger partial charge in [0.05, 0.1) is 0 Å². The van der Waals surface area contributed by atoms with Crippen molar-refractivity contribution in [2.75, 3.05) is 11.5 Å². The molecule has 2 unspecified atom stereocenters. The summed E-state index contributed by atoms with van der Waals surface area (Å²) < 4.78 is 10.0. The number of thiazole rings is 1. The van der Waals surface area contributed by atoms with E-state index in [1.54, 1.807) is 19.1 Å². The van der Waals surface area contributed by atoms with Crippen LogP contribution < -0.4 is 11.1 Å². The number of nitrogens with one attached hydrogen (secondary N) is 1. The molecule has 2 aliphatic rings. The molecule has 1 saturated heterocycles. The van der Waals surface area contributed by atoms with Crippen molar-refractivity contribution in [3.63, 3.8) is 0 Å². The van der Waals surface area contributed by atoms with Crippen molar-refractivity contribution in [1.82, 2.24) is 15.2 Å². The smallest absolute Gasteiger partial charge is 0.358 e. The molecule has 0 aromatic carbocycles. The molecule has 4 N–H and O–H groups in total. The number of fused-ring (bicyclic) bond motifs is 1. The van der Waals surface area contributed by atoms with E-state index in [-0.39, 0.29) is 16.5 Å². The van der Waals surface area contributed by atoms with Crippen molar-refractivity contribution in [2.45, 2.75) is 38.5 Å². The van der Waals surface area contributed by atoms with Crippen LogP contribution in [0.3, 0.4) is 0 Å². The number of nitrogen functional groups attached to an aromatic ring is 1. The molecular formula is C19H21N5O7S2. The number of β-lactam (4-membered cyclic amide) rings is 1. The first-order valence-electron chi connectivity index (χ1n) is 9.60. The van der Waals surface area contributed by atoms with Crippen LogP contribution in [0.4, 0.5) is 5.13 Å². The Hall–Kier alpha value is -3.39. The quantitative estimate of drug-likeness (QED) is 0.121. The fourth-order valence-electron chi connectivity index (χ4n) is 3.24. The summed E-state index contributed by atoms with van der Waals surface area (Å²) in [4.78, 5) is 54.6. The zero-order chi connectivity index (χ0) is 24.3. The predicted octanol–water partition coefficient (Wildman–Crippen LogP) is 0.586. The van der Waals surface area contributed by atoms with Gasteiger partial charge >= 0.3 is 11.9 Å². The van der Waals surface area contributed by atoms with E-state index in [2.05, 4.69) is 15.5 Å². The third-order valence-corrected chi connectivity index (χ3v) is 6.51. The van der Waals surface area contributed by atoms with E-state index in [9.17, 15) is 24.4 Å². The molecule has 176 valence electrons. The number of allylic oxidation sites excluding steroid dienone is 2. The van der Waals surface area contributed by atoms with E-state index in [1.807, 2.05) is 0 Å². The SMILES string of the molecule is C/C=C\C1=C(C(=O)OC(C)OC(C)=O)N2C(=O)C(NC(=O)/C(=N\O)c3csc(N)n3)[C@H]2SC1. The second kappa shape index (κ2) is 10.0. The van der Waals surface area contributed by atoms with Crippen LogP contribution in [-0.4, -0.2) is 68.0 Å². The summed E-state index contributed by atoms with van der Waals surface area (Å²) in [6, 6.07) is -0.976. The van der Waals surface area contributed by atoms with Crippen molar-refractivity contribution in [1.29, 1.82) is 0 Å². The highest BCUT2D eigenvalue weighted by Crippen LogP contribution is 2.41. The van der Waals surface area contributed by atoms with Gasteiger partial charge in [0.1, 0.15) is 22.8 Å². The maximum atomic E-state index is 12.9. The maximum Gasteiger partial charge on any atom is 0.358 e. The third-order valence-electron chi connectivity index (χ3n) is 4.53. The molecule has 0 radical (unpaired) electrons. The van der Waals surface area contributed by atoms with Gasteiger partial charge in [-0.2, -0.15) is 0 Å². The summed E-state index contributed by atoms with van der Waals surface area (Å²) in [5, 5.41) is 15.8. The summed E-state index contributed by atoms with van der Waals surface area (Å²) >= 11 is 2.40. The molecule has 14 heteroatoms. The van der Waals surface area contributed by atoms with Crippen molar-refractivity contribution < 1.29 is 33.9 Å². The van der Waals surface area contributed by atoms with Gasteiger partial charge in [0.25, 0.3) is 11.8 Å². The first-order valence-corrected chi connectivity index (χ1v) is 11.5. The summed E-state index contributed by atoms with van der Waals surface area (Å²) in [5.74, 6) is -2.47. The number of amides is 2. The number of carbonyl (C=O) groups is 4. The monoisotopic (exact) mass is 495 g/mol. The van der Waals surface area contributed by atoms with Crippen molar-refractivity contribution in [3.05, 3.63) is 34.5 Å². The topological polar surface area (TPSA) is 174 Å². The predicted molar refractivity (Wildman–Crippen MR) is 119 cm³/mol. The summed E-state index contributed by atoms with van der Waals surface area (Å²) in [7, 11) is 0. The number of carbonyl (C=O) groups excluding carboxylic acids is 4. The Morgan fingerprint density at radius 2 is 2.15 bits per heavy atom. The highest BCUT2D eigenvalue weighted by molar-refractivity contribution is 8.00. The number of nitrogens with zero attached hydrogens (tertiary/aromatic N) is 3. The summed E-state index contributed by atoms with van der Waals surface area (Å²) in [6.45, 7) is 4.32. The van der Waals surface area contributed by atoms with E-state index < -0.39 is 47.2 Å². The minimum Gasteiger partial charge on any atom is -0.426 e. The molecule has 0 spiro atoms. The summed E-state index contributed by atoms with van der Waals surface area (Å²) in [6.07, 6.45) is 2.24. The Bertz CT molecular complexity index is 1080. The molecule has 2 amide bonds. The van der Waals surface area contributed by atoms with Crippen molar-refractivity contribution >= 4 is 57.7 Å². The van der Waals surface area contributed by atoms with Crippen LogP contribution >= 0.6 is 23.1 Å². The number of nitrogens with two attached hydrogens (primary N) is 1. The average Bonchev–Trinajstić information content (AvgIpc) is 3.17. The van der Waals surface area contributed by atoms with Gasteiger partial charge in [0.2, 0.25) is 6.29 Å². The van der Waals surface area contributed by atoms with Crippen LogP contribution in [0.2, 0.25) is 0 Å². The minimum absolute atomic E-state index is 0.00896. The van der Waals surface area contributed by atoms with Gasteiger partial charge in [-0.05, 0) is 12.5 Å². The number of thioether (sulfide) groups is 1. The lowest BCUT2D eigenvalue weighted by Gasteiger charge is -2.49. The van der Waals surface area contributed by atoms with E-state index >= 15 is 0 Å². The molecule has 3 atom stereocenters. The number of anilines is 1. The Morgan fingerprint density at radius 1 is 1.42 bits per heavy atom. The number of hydrogen-bond acceptors (Lipinski definition) is 12. The van der Waals surface area contributed by atoms with Crippen LogP contribution in [-0.2, 0) is 28.7 Å². The standard InChI is InChI=1S/C19H21N5O7S2/c1-4-5-10-6-32-17-13(22-15(26)12(23-29)11-7-33-19(20)21-11)16(27)24(17)14(10)18(28)31-9(3)30-8(2)25/h4-5,7,9,13,17,29H,6H2,1-3H3,(H2,20,21)(H,22,26)/b5-4-,23-12-/t9?,13?,17-/m1/s1. The van der Waals surface area contributed by atoms with Crippen molar-refractivity contribution in [2.24, 2.45) is 5.16 Å². The number of esters is 2. The Balaban J connectivity index is 1.78. The van der Waals surface area contributed by atoms with Gasteiger partial charge in [-0.15, -0.1) is 23.1 Å². The van der Waals surface area contributed by atoms with Crippen LogP contribution in [0.15, 0.2) is 34.0 Å². The molecule has 1 aromatic rings. The highest BCUT2D eigenvalue weighted by atomic mass is 32.2. The van der Waals surface area contributed by atoms with Crippen LogP contribution in [0.1, 0.15) is 26.5 Å². The van der Waals surface area contributed by atoms with Gasteiger partial charge in [-0.25, -0.2) is 9.78 Å². The van der Waals surface area contributed by atoms with E-state index in [4.69, 9.17) is 15.2 Å². The Kier molecular flexibility index (Phi) is 7.38. The molecule has 3 heterocycles. The number of hydrogen-bond donors (Lipinski definition) is 3.